The molecule has 3 rings (SSSR count). The van der Waals surface area contributed by atoms with Crippen molar-refractivity contribution in [3.63, 3.8) is 0 Å². The van der Waals surface area contributed by atoms with Gasteiger partial charge in [0.15, 0.2) is 0 Å². The molecule has 160 valence electrons. The van der Waals surface area contributed by atoms with Crippen molar-refractivity contribution < 1.29 is 14.0 Å². The summed E-state index contributed by atoms with van der Waals surface area (Å²) < 4.78 is 14.0. The van der Waals surface area contributed by atoms with E-state index in [1.165, 1.54) is 6.07 Å². The maximum Gasteiger partial charge on any atom is 0.245 e. The molecule has 1 aromatic rings. The van der Waals surface area contributed by atoms with Crippen LogP contribution in [0, 0.1) is 23.6 Å². The molecule has 1 saturated heterocycles. The number of amides is 2. The second-order valence-corrected chi connectivity index (χ2v) is 8.95. The van der Waals surface area contributed by atoms with Crippen molar-refractivity contribution >= 4 is 17.5 Å². The fourth-order valence-corrected chi connectivity index (χ4v) is 4.38. The van der Waals surface area contributed by atoms with Crippen LogP contribution in [0.5, 0.6) is 0 Å². The number of anilines is 1. The van der Waals surface area contributed by atoms with E-state index in [2.05, 4.69) is 12.2 Å². The van der Waals surface area contributed by atoms with E-state index in [1.54, 1.807) is 12.1 Å². The molecule has 29 heavy (non-hydrogen) atoms. The smallest absolute Gasteiger partial charge is 0.245 e. The van der Waals surface area contributed by atoms with Crippen molar-refractivity contribution in [3.05, 3.63) is 30.1 Å². The van der Waals surface area contributed by atoms with Crippen LogP contribution < -0.4 is 10.2 Å². The van der Waals surface area contributed by atoms with Crippen LogP contribution in [-0.2, 0) is 9.59 Å². The second kappa shape index (κ2) is 9.59. The molecule has 1 N–H and O–H groups in total. The van der Waals surface area contributed by atoms with Crippen molar-refractivity contribution in [2.75, 3.05) is 31.1 Å². The van der Waals surface area contributed by atoms with E-state index in [0.717, 1.165) is 25.7 Å². The summed E-state index contributed by atoms with van der Waals surface area (Å²) in [5.41, 5.74) is 0.583. The van der Waals surface area contributed by atoms with Crippen molar-refractivity contribution in [1.82, 2.24) is 10.2 Å². The third-order valence-electron chi connectivity index (χ3n) is 6.40. The van der Waals surface area contributed by atoms with Crippen molar-refractivity contribution in [3.8, 4) is 0 Å². The van der Waals surface area contributed by atoms with Crippen LogP contribution in [0.2, 0.25) is 0 Å². The van der Waals surface area contributed by atoms with Gasteiger partial charge in [-0.15, -0.1) is 0 Å². The quantitative estimate of drug-likeness (QED) is 0.819. The molecule has 5 nitrogen and oxygen atoms in total. The lowest BCUT2D eigenvalue weighted by Crippen LogP contribution is -2.57. The molecular weight excluding hydrogens is 369 g/mol. The highest BCUT2D eigenvalue weighted by Crippen LogP contribution is 2.28. The number of rotatable bonds is 5. The highest BCUT2D eigenvalue weighted by molar-refractivity contribution is 5.89. The van der Waals surface area contributed by atoms with Crippen LogP contribution in [0.3, 0.4) is 0 Å². The molecule has 1 aliphatic carbocycles. The largest absolute Gasteiger partial charge is 0.366 e. The normalized spacial score (nSPS) is 23.8. The summed E-state index contributed by atoms with van der Waals surface area (Å²) in [5.74, 6) is 0.505. The molecule has 0 spiro atoms. The van der Waals surface area contributed by atoms with Crippen molar-refractivity contribution in [1.29, 1.82) is 0 Å². The Bertz CT molecular complexity index is 708. The minimum atomic E-state index is -0.498. The molecule has 0 radical (unpaired) electrons. The first-order valence-corrected chi connectivity index (χ1v) is 11.0. The molecule has 0 aromatic heterocycles. The number of benzene rings is 1. The van der Waals surface area contributed by atoms with Crippen LogP contribution >= 0.6 is 0 Å². The lowest BCUT2D eigenvalue weighted by Gasteiger charge is -2.38. The van der Waals surface area contributed by atoms with Gasteiger partial charge in [-0.3, -0.25) is 9.59 Å². The SMILES string of the molecule is CC1CCC(C(=O)NC(C(=O)N2CCN(c3ccccc3F)CC2)C(C)C)CC1. The monoisotopic (exact) mass is 403 g/mol. The summed E-state index contributed by atoms with van der Waals surface area (Å²) in [6.07, 6.45) is 3.98. The number of nitrogens with one attached hydrogen (secondary N) is 1. The lowest BCUT2D eigenvalue weighted by atomic mass is 9.82. The third kappa shape index (κ3) is 5.28. The van der Waals surface area contributed by atoms with E-state index >= 15 is 0 Å². The van der Waals surface area contributed by atoms with Crippen LogP contribution in [0.25, 0.3) is 0 Å². The van der Waals surface area contributed by atoms with E-state index in [-0.39, 0.29) is 29.5 Å². The van der Waals surface area contributed by atoms with E-state index in [9.17, 15) is 14.0 Å². The summed E-state index contributed by atoms with van der Waals surface area (Å²) in [6.45, 7) is 8.43. The predicted molar refractivity (Wildman–Crippen MR) is 113 cm³/mol. The van der Waals surface area contributed by atoms with Gasteiger partial charge in [0, 0.05) is 32.1 Å². The first-order chi connectivity index (χ1) is 13.9. The Hall–Kier alpha value is -2.11. The Morgan fingerprint density at radius 2 is 1.66 bits per heavy atom. The van der Waals surface area contributed by atoms with Gasteiger partial charge in [-0.25, -0.2) is 4.39 Å². The topological polar surface area (TPSA) is 52.7 Å². The van der Waals surface area contributed by atoms with E-state index < -0.39 is 6.04 Å². The fraction of sp³-hybridized carbons (Fsp3) is 0.652. The summed E-state index contributed by atoms with van der Waals surface area (Å²) in [4.78, 5) is 29.7. The number of piperazine rings is 1. The zero-order chi connectivity index (χ0) is 21.0. The molecule has 6 heteroatoms. The average Bonchev–Trinajstić information content (AvgIpc) is 2.72. The fourth-order valence-electron chi connectivity index (χ4n) is 4.38. The number of nitrogens with zero attached hydrogens (tertiary/aromatic N) is 2. The highest BCUT2D eigenvalue weighted by Gasteiger charge is 2.33. The van der Waals surface area contributed by atoms with Gasteiger partial charge in [-0.2, -0.15) is 0 Å². The molecule has 2 fully saturated rings. The first kappa shape index (κ1) is 21.6. The Kier molecular flexibility index (Phi) is 7.14. The molecule has 1 aliphatic heterocycles. The minimum Gasteiger partial charge on any atom is -0.366 e. The zero-order valence-electron chi connectivity index (χ0n) is 17.9. The molecule has 0 bridgehead atoms. The van der Waals surface area contributed by atoms with Crippen molar-refractivity contribution in [2.45, 2.75) is 52.5 Å². The molecular formula is C23H34FN3O2. The van der Waals surface area contributed by atoms with E-state index in [1.807, 2.05) is 29.7 Å². The number of halogens is 1. The molecule has 1 aromatic carbocycles. The average molecular weight is 404 g/mol. The lowest BCUT2D eigenvalue weighted by molar-refractivity contribution is -0.139. The first-order valence-electron chi connectivity index (χ1n) is 11.0. The molecule has 1 saturated carbocycles. The number of hydrogen-bond donors (Lipinski definition) is 1. The van der Waals surface area contributed by atoms with Crippen LogP contribution in [0.1, 0.15) is 46.5 Å². The molecule has 1 heterocycles. The predicted octanol–water partition coefficient (Wildman–Crippen LogP) is 3.44. The Morgan fingerprint density at radius 1 is 1.03 bits per heavy atom. The summed E-state index contributed by atoms with van der Waals surface area (Å²) in [6, 6.07) is 6.24. The number of hydrogen-bond acceptors (Lipinski definition) is 3. The van der Waals surface area contributed by atoms with Crippen LogP contribution in [-0.4, -0.2) is 48.9 Å². The third-order valence-corrected chi connectivity index (χ3v) is 6.40. The Balaban J connectivity index is 1.57. The van der Waals surface area contributed by atoms with Gasteiger partial charge in [-0.05, 0) is 49.7 Å². The van der Waals surface area contributed by atoms with Gasteiger partial charge >= 0.3 is 0 Å². The maximum atomic E-state index is 14.0. The van der Waals surface area contributed by atoms with E-state index in [0.29, 0.717) is 37.8 Å². The Morgan fingerprint density at radius 3 is 2.24 bits per heavy atom. The summed E-state index contributed by atoms with van der Waals surface area (Å²) in [7, 11) is 0. The minimum absolute atomic E-state index is 0.0222. The van der Waals surface area contributed by atoms with Gasteiger partial charge in [0.2, 0.25) is 11.8 Å². The Labute approximate surface area is 173 Å². The van der Waals surface area contributed by atoms with Crippen molar-refractivity contribution in [2.24, 2.45) is 17.8 Å². The highest BCUT2D eigenvalue weighted by atomic mass is 19.1. The molecule has 2 aliphatic rings. The van der Waals surface area contributed by atoms with Gasteiger partial charge in [0.1, 0.15) is 11.9 Å². The van der Waals surface area contributed by atoms with Crippen LogP contribution in [0.15, 0.2) is 24.3 Å². The van der Waals surface area contributed by atoms with Crippen LogP contribution in [0.4, 0.5) is 10.1 Å². The van der Waals surface area contributed by atoms with E-state index in [4.69, 9.17) is 0 Å². The summed E-state index contributed by atoms with van der Waals surface area (Å²) in [5, 5.41) is 3.05. The van der Waals surface area contributed by atoms with Gasteiger partial charge in [0.25, 0.3) is 0 Å². The number of para-hydroxylation sites is 1. The maximum absolute atomic E-state index is 14.0. The van der Waals surface area contributed by atoms with Gasteiger partial charge < -0.3 is 15.1 Å². The number of carbonyl (C=O) groups excluding carboxylic acids is 2. The number of carbonyl (C=O) groups is 2. The standard InChI is InChI=1S/C23H34FN3O2/c1-16(2)21(25-22(28)18-10-8-17(3)9-11-18)23(29)27-14-12-26(13-15-27)20-7-5-4-6-19(20)24/h4-7,16-18,21H,8-15H2,1-3H3,(H,25,28). The summed E-state index contributed by atoms with van der Waals surface area (Å²) >= 11 is 0. The van der Waals surface area contributed by atoms with Gasteiger partial charge in [0.05, 0.1) is 5.69 Å². The molecule has 1 atom stereocenters. The molecule has 1 unspecified atom stereocenters. The second-order valence-electron chi connectivity index (χ2n) is 8.95. The molecule has 2 amide bonds. The van der Waals surface area contributed by atoms with Gasteiger partial charge in [-0.1, -0.05) is 32.9 Å². The zero-order valence-corrected chi connectivity index (χ0v) is 17.9.